The number of fused-ring (bicyclic) bond motifs is 1. The van der Waals surface area contributed by atoms with E-state index in [9.17, 15) is 0 Å². The van der Waals surface area contributed by atoms with Crippen molar-refractivity contribution in [2.45, 2.75) is 31.7 Å². The first-order valence-corrected chi connectivity index (χ1v) is 11.6. The van der Waals surface area contributed by atoms with Crippen LogP contribution in [0.25, 0.3) is 0 Å². The van der Waals surface area contributed by atoms with Crippen LogP contribution >= 0.6 is 0 Å². The van der Waals surface area contributed by atoms with Crippen LogP contribution in [0.2, 0.25) is 31.7 Å². The summed E-state index contributed by atoms with van der Waals surface area (Å²) >= 11 is 0. The van der Waals surface area contributed by atoms with Crippen LogP contribution in [0, 0.1) is 0 Å². The fourth-order valence-electron chi connectivity index (χ4n) is 2.08. The normalized spacial score (nSPS) is 29.8. The van der Waals surface area contributed by atoms with Gasteiger partial charge in [0.1, 0.15) is 7.75 Å². The van der Waals surface area contributed by atoms with Gasteiger partial charge in [0, 0.05) is 0 Å². The van der Waals surface area contributed by atoms with Gasteiger partial charge in [-0.3, -0.25) is 0 Å². The third-order valence-corrected chi connectivity index (χ3v) is 22.0. The Kier molecular flexibility index (Phi) is 1.49. The average Bonchev–Trinajstić information content (AvgIpc) is 2.02. The van der Waals surface area contributed by atoms with Crippen molar-refractivity contribution in [3.8, 4) is 0 Å². The van der Waals surface area contributed by atoms with E-state index in [4.69, 9.17) is 0 Å². The fourth-order valence-corrected chi connectivity index (χ4v) is 11.1. The summed E-state index contributed by atoms with van der Waals surface area (Å²) < 4.78 is 2.51. The molecule has 0 saturated carbocycles. The third-order valence-electron chi connectivity index (χ3n) is 3.96. The molecule has 2 bridgehead atoms. The molecule has 0 aromatic rings. The van der Waals surface area contributed by atoms with Crippen LogP contribution in [0.5, 0.6) is 0 Å². The Balaban J connectivity index is 2.52. The van der Waals surface area contributed by atoms with Gasteiger partial charge in [0.25, 0.3) is 0 Å². The monoisotopic (exact) mass is 195 g/mol. The first-order valence-electron chi connectivity index (χ1n) is 4.61. The van der Waals surface area contributed by atoms with Crippen molar-refractivity contribution in [1.29, 1.82) is 0 Å². The topological polar surface area (TPSA) is 3.24 Å². The largest absolute Gasteiger partial charge is 0.384 e. The Labute approximate surface area is 76.7 Å². The Morgan fingerprint density at radius 1 is 1.00 bits per heavy atom. The molecule has 3 heteroatoms. The van der Waals surface area contributed by atoms with E-state index in [2.05, 4.69) is 55.3 Å². The lowest BCUT2D eigenvalue weighted by Crippen LogP contribution is -2.68. The van der Waals surface area contributed by atoms with Crippen molar-refractivity contribution in [3.05, 3.63) is 24.6 Å². The van der Waals surface area contributed by atoms with Crippen LogP contribution in [0.4, 0.5) is 0 Å². The number of rotatable bonds is 0. The number of nitrogens with zero attached hydrogens (tertiary/aromatic N) is 1. The van der Waals surface area contributed by atoms with Gasteiger partial charge in [-0.2, -0.15) is 0 Å². The summed E-state index contributed by atoms with van der Waals surface area (Å²) in [7, 11) is -2.11. The summed E-state index contributed by atoms with van der Waals surface area (Å²) in [6, 6.07) is 0. The van der Waals surface area contributed by atoms with E-state index in [-0.39, 0.29) is 0 Å². The molecule has 0 radical (unpaired) electrons. The van der Waals surface area contributed by atoms with Crippen LogP contribution in [0.3, 0.4) is 0 Å². The molecule has 0 aliphatic carbocycles. The summed E-state index contributed by atoms with van der Waals surface area (Å²) in [6.45, 7) is 10.1. The molecule has 0 aromatic carbocycles. The summed E-state index contributed by atoms with van der Waals surface area (Å²) in [5, 5.41) is 0. The van der Waals surface area contributed by atoms with Crippen LogP contribution in [-0.2, 0) is 0 Å². The Morgan fingerprint density at radius 2 is 1.50 bits per heavy atom. The van der Waals surface area contributed by atoms with Gasteiger partial charge in [0.05, 0.1) is 7.59 Å². The maximum atomic E-state index is 2.55. The molecule has 0 N–H and O–H groups in total. The summed E-state index contributed by atoms with van der Waals surface area (Å²) in [5.74, 6) is 0. The molecule has 66 valence electrons. The Morgan fingerprint density at radius 3 is 1.75 bits per heavy atom. The second-order valence-corrected chi connectivity index (χ2v) is 20.2. The van der Waals surface area contributed by atoms with Gasteiger partial charge in [-0.15, -0.1) is 0 Å². The molecule has 0 spiro atoms. The molecule has 3 heterocycles. The Bertz CT molecular complexity index is 226. The fraction of sp³-hybridized carbons (Fsp3) is 0.556. The highest BCUT2D eigenvalue weighted by Crippen LogP contribution is 2.42. The molecule has 3 aliphatic heterocycles. The van der Waals surface area contributed by atoms with Crippen molar-refractivity contribution in [2.75, 3.05) is 0 Å². The van der Waals surface area contributed by atoms with E-state index in [1.807, 2.05) is 0 Å². The summed E-state index contributed by atoms with van der Waals surface area (Å²) in [6.07, 6.45) is 9.39. The van der Waals surface area contributed by atoms with Crippen LogP contribution in [-0.4, -0.2) is 19.9 Å². The minimum absolute atomic E-state index is 0.809. The van der Waals surface area contributed by atoms with Gasteiger partial charge < -0.3 is 4.57 Å². The van der Waals surface area contributed by atoms with Gasteiger partial charge >= 0.3 is 0 Å². The maximum Gasteiger partial charge on any atom is 0.144 e. The lowest BCUT2D eigenvalue weighted by atomic mass is 10.3. The first kappa shape index (κ1) is 8.32. The minimum atomic E-state index is -1.10. The van der Waals surface area contributed by atoms with Crippen molar-refractivity contribution >= 4 is 15.3 Å². The van der Waals surface area contributed by atoms with E-state index in [0.717, 1.165) is 5.54 Å². The molecule has 3 rings (SSSR count). The minimum Gasteiger partial charge on any atom is -0.384 e. The predicted molar refractivity (Wildman–Crippen MR) is 58.8 cm³/mol. The van der Waals surface area contributed by atoms with Crippen LogP contribution in [0.15, 0.2) is 24.6 Å². The van der Waals surface area contributed by atoms with E-state index in [1.54, 1.807) is 0 Å². The molecule has 0 unspecified atom stereocenters. The van der Waals surface area contributed by atoms with E-state index in [0.29, 0.717) is 0 Å². The molecule has 1 nitrogen and oxygen atoms in total. The number of hydrogen-bond donors (Lipinski definition) is 0. The highest BCUT2D eigenvalue weighted by atomic mass is 29.3. The van der Waals surface area contributed by atoms with Gasteiger partial charge in [-0.25, -0.2) is 0 Å². The molecule has 0 saturated heterocycles. The molecule has 0 fully saturated rings. The molecule has 0 aromatic heterocycles. The van der Waals surface area contributed by atoms with Crippen LogP contribution in [0.1, 0.15) is 0 Å². The van der Waals surface area contributed by atoms with E-state index >= 15 is 0 Å². The zero-order valence-electron chi connectivity index (χ0n) is 8.33. The third kappa shape index (κ3) is 0.782. The van der Waals surface area contributed by atoms with Crippen molar-refractivity contribution in [1.82, 2.24) is 4.57 Å². The van der Waals surface area contributed by atoms with E-state index < -0.39 is 15.3 Å². The predicted octanol–water partition coefficient (Wildman–Crippen LogP) is 2.71. The molecular weight excluding hydrogens is 178 g/mol. The first-order chi connectivity index (χ1) is 5.46. The second kappa shape index (κ2) is 2.14. The van der Waals surface area contributed by atoms with Gasteiger partial charge in [-0.05, 0) is 17.9 Å². The summed E-state index contributed by atoms with van der Waals surface area (Å²) in [5.41, 5.74) is 0.809. The second-order valence-electron chi connectivity index (χ2n) is 4.90. The molecular formula is C9H17NSi2. The summed E-state index contributed by atoms with van der Waals surface area (Å²) in [4.78, 5) is 0. The average molecular weight is 195 g/mol. The highest BCUT2D eigenvalue weighted by molar-refractivity contribution is 7.41. The van der Waals surface area contributed by atoms with Gasteiger partial charge in [0.15, 0.2) is 0 Å². The Hall–Kier alpha value is -0.286. The van der Waals surface area contributed by atoms with Crippen molar-refractivity contribution < 1.29 is 0 Å². The molecule has 0 atom stereocenters. The van der Waals surface area contributed by atoms with Crippen LogP contribution < -0.4 is 0 Å². The maximum absolute atomic E-state index is 2.55. The van der Waals surface area contributed by atoms with Gasteiger partial charge in [0.2, 0.25) is 0 Å². The zero-order valence-corrected chi connectivity index (χ0v) is 10.3. The number of hydrogen-bond acceptors (Lipinski definition) is 1. The number of allylic oxidation sites excluding steroid dienone is 2. The molecule has 0 amide bonds. The molecule has 12 heavy (non-hydrogen) atoms. The standard InChI is InChI=1S/C9H17NSi2/c1-11(2)9-5-7-10(8-6-9)12(11,3)4/h5-9H,1-4H3. The van der Waals surface area contributed by atoms with Crippen molar-refractivity contribution in [3.63, 3.8) is 0 Å². The lowest BCUT2D eigenvalue weighted by molar-refractivity contribution is 0.731. The van der Waals surface area contributed by atoms with Crippen molar-refractivity contribution in [2.24, 2.45) is 0 Å². The van der Waals surface area contributed by atoms with Gasteiger partial charge in [-0.1, -0.05) is 38.3 Å². The highest BCUT2D eigenvalue weighted by Gasteiger charge is 2.52. The quantitative estimate of drug-likeness (QED) is 0.537. The lowest BCUT2D eigenvalue weighted by Gasteiger charge is -2.53. The van der Waals surface area contributed by atoms with E-state index in [1.165, 1.54) is 0 Å². The zero-order chi connectivity index (χ0) is 8.98. The SMILES string of the molecule is C[Si]1(C)C2C=CN(C=C2)[Si]1(C)C. The molecule has 3 aliphatic rings. The smallest absolute Gasteiger partial charge is 0.144 e.